The molecule has 0 N–H and O–H groups in total. The zero-order valence-electron chi connectivity index (χ0n) is 7.10. The minimum Gasteiger partial charge on any atom is -0.341 e. The molecule has 0 aromatic carbocycles. The monoisotopic (exact) mass is 153 g/mol. The molecule has 1 saturated heterocycles. The summed E-state index contributed by atoms with van der Waals surface area (Å²) < 4.78 is 0. The average molecular weight is 153 g/mol. The van der Waals surface area contributed by atoms with Crippen molar-refractivity contribution >= 4 is 5.91 Å². The summed E-state index contributed by atoms with van der Waals surface area (Å²) in [4.78, 5) is 13.1. The summed E-state index contributed by atoms with van der Waals surface area (Å²) >= 11 is 0. The number of hydrogen-bond acceptors (Lipinski definition) is 1. The van der Waals surface area contributed by atoms with Crippen LogP contribution >= 0.6 is 0 Å². The van der Waals surface area contributed by atoms with Crippen molar-refractivity contribution < 1.29 is 4.79 Å². The van der Waals surface area contributed by atoms with Gasteiger partial charge in [0.2, 0.25) is 5.91 Å². The van der Waals surface area contributed by atoms with Gasteiger partial charge in [0.05, 0.1) is 0 Å². The number of nitrogens with zero attached hydrogens (tertiary/aromatic N) is 1. The van der Waals surface area contributed by atoms with E-state index < -0.39 is 0 Å². The molecule has 11 heavy (non-hydrogen) atoms. The molecule has 62 valence electrons. The van der Waals surface area contributed by atoms with Crippen molar-refractivity contribution in [3.63, 3.8) is 0 Å². The highest BCUT2D eigenvalue weighted by atomic mass is 16.2. The molecule has 2 rings (SSSR count). The van der Waals surface area contributed by atoms with E-state index in [-0.39, 0.29) is 0 Å². The third kappa shape index (κ3) is 0.959. The van der Waals surface area contributed by atoms with Gasteiger partial charge in [-0.1, -0.05) is 13.3 Å². The fourth-order valence-electron chi connectivity index (χ4n) is 2.16. The molecule has 1 aliphatic carbocycles. The van der Waals surface area contributed by atoms with Crippen LogP contribution in [0.4, 0.5) is 0 Å². The second-order valence-corrected chi connectivity index (χ2v) is 3.96. The van der Waals surface area contributed by atoms with Gasteiger partial charge in [-0.15, -0.1) is 0 Å². The van der Waals surface area contributed by atoms with Crippen LogP contribution in [0.5, 0.6) is 0 Å². The van der Waals surface area contributed by atoms with Gasteiger partial charge in [-0.05, 0) is 12.8 Å². The second kappa shape index (κ2) is 2.23. The molecule has 2 nitrogen and oxygen atoms in total. The lowest BCUT2D eigenvalue weighted by Gasteiger charge is -2.55. The predicted molar refractivity (Wildman–Crippen MR) is 43.2 cm³/mol. The molecular weight excluding hydrogens is 138 g/mol. The van der Waals surface area contributed by atoms with Gasteiger partial charge in [-0.25, -0.2) is 0 Å². The topological polar surface area (TPSA) is 20.3 Å². The minimum absolute atomic E-state index is 0.336. The Bertz CT molecular complexity index is 176. The molecular formula is C9H15NO. The largest absolute Gasteiger partial charge is 0.341 e. The van der Waals surface area contributed by atoms with Crippen molar-refractivity contribution in [3.8, 4) is 0 Å². The Labute approximate surface area is 67.6 Å². The van der Waals surface area contributed by atoms with E-state index in [2.05, 4.69) is 0 Å². The third-order valence-electron chi connectivity index (χ3n) is 3.12. The van der Waals surface area contributed by atoms with Crippen LogP contribution in [-0.4, -0.2) is 23.9 Å². The lowest BCUT2D eigenvalue weighted by Crippen LogP contribution is -2.61. The average Bonchev–Trinajstić information content (AvgIpc) is 1.81. The maximum absolute atomic E-state index is 11.1. The molecule has 1 saturated carbocycles. The molecule has 1 amide bonds. The second-order valence-electron chi connectivity index (χ2n) is 3.96. The Hall–Kier alpha value is -0.530. The number of amides is 1. The maximum Gasteiger partial charge on any atom is 0.222 e. The van der Waals surface area contributed by atoms with Crippen LogP contribution in [0.3, 0.4) is 0 Å². The first-order valence-corrected chi connectivity index (χ1v) is 4.54. The zero-order chi connectivity index (χ0) is 7.90. The van der Waals surface area contributed by atoms with E-state index in [1.54, 1.807) is 0 Å². The Kier molecular flexibility index (Phi) is 1.44. The van der Waals surface area contributed by atoms with Gasteiger partial charge in [0.15, 0.2) is 0 Å². The lowest BCUT2D eigenvalue weighted by molar-refractivity contribution is -0.149. The van der Waals surface area contributed by atoms with Gasteiger partial charge in [-0.3, -0.25) is 4.79 Å². The third-order valence-corrected chi connectivity index (χ3v) is 3.12. The smallest absolute Gasteiger partial charge is 0.222 e. The van der Waals surface area contributed by atoms with E-state index in [9.17, 15) is 4.79 Å². The number of likely N-dealkylation sites (tertiary alicyclic amines) is 1. The number of carbonyl (C=O) groups is 1. The summed E-state index contributed by atoms with van der Waals surface area (Å²) in [7, 11) is 0. The first kappa shape index (κ1) is 7.14. The fraction of sp³-hybridized carbons (Fsp3) is 0.889. The molecule has 1 aliphatic heterocycles. The Morgan fingerprint density at radius 1 is 1.45 bits per heavy atom. The SMILES string of the molecule is CCC(=O)N1CC2(CCC2)C1. The molecule has 0 bridgehead atoms. The number of hydrogen-bond donors (Lipinski definition) is 0. The fourth-order valence-corrected chi connectivity index (χ4v) is 2.16. The Morgan fingerprint density at radius 3 is 2.45 bits per heavy atom. The van der Waals surface area contributed by atoms with Gasteiger partial charge in [-0.2, -0.15) is 0 Å². The molecule has 2 heteroatoms. The normalized spacial score (nSPS) is 26.1. The first-order chi connectivity index (χ1) is 5.26. The van der Waals surface area contributed by atoms with Crippen molar-refractivity contribution in [1.82, 2.24) is 4.90 Å². The highest BCUT2D eigenvalue weighted by Gasteiger charge is 2.48. The van der Waals surface area contributed by atoms with E-state index in [4.69, 9.17) is 0 Å². The van der Waals surface area contributed by atoms with Crippen LogP contribution in [0.2, 0.25) is 0 Å². The van der Waals surface area contributed by atoms with Crippen molar-refractivity contribution in [2.24, 2.45) is 5.41 Å². The molecule has 0 aromatic rings. The van der Waals surface area contributed by atoms with Crippen molar-refractivity contribution in [3.05, 3.63) is 0 Å². The Morgan fingerprint density at radius 2 is 2.09 bits per heavy atom. The van der Waals surface area contributed by atoms with Gasteiger partial charge in [0, 0.05) is 24.9 Å². The molecule has 2 fully saturated rings. The van der Waals surface area contributed by atoms with E-state index in [0.29, 0.717) is 17.7 Å². The van der Waals surface area contributed by atoms with Crippen LogP contribution in [0.25, 0.3) is 0 Å². The zero-order valence-corrected chi connectivity index (χ0v) is 7.10. The summed E-state index contributed by atoms with van der Waals surface area (Å²) in [6, 6.07) is 0. The van der Waals surface area contributed by atoms with Crippen molar-refractivity contribution in [2.75, 3.05) is 13.1 Å². The lowest BCUT2D eigenvalue weighted by atomic mass is 9.63. The Balaban J connectivity index is 1.83. The van der Waals surface area contributed by atoms with Crippen LogP contribution in [-0.2, 0) is 4.79 Å². The van der Waals surface area contributed by atoms with Crippen LogP contribution in [0.1, 0.15) is 32.6 Å². The number of carbonyl (C=O) groups excluding carboxylic acids is 1. The van der Waals surface area contributed by atoms with E-state index in [1.165, 1.54) is 19.3 Å². The number of rotatable bonds is 1. The highest BCUT2D eigenvalue weighted by Crippen LogP contribution is 2.48. The minimum atomic E-state index is 0.336. The maximum atomic E-state index is 11.1. The summed E-state index contributed by atoms with van der Waals surface area (Å²) in [5.41, 5.74) is 0.602. The molecule has 0 atom stereocenters. The summed E-state index contributed by atoms with van der Waals surface area (Å²) in [6.45, 7) is 4.05. The van der Waals surface area contributed by atoms with Gasteiger partial charge in [0.1, 0.15) is 0 Å². The van der Waals surface area contributed by atoms with Gasteiger partial charge in [0.25, 0.3) is 0 Å². The van der Waals surface area contributed by atoms with E-state index in [1.807, 2.05) is 11.8 Å². The molecule has 2 aliphatic rings. The molecule has 0 radical (unpaired) electrons. The van der Waals surface area contributed by atoms with Gasteiger partial charge >= 0.3 is 0 Å². The van der Waals surface area contributed by atoms with Crippen LogP contribution in [0.15, 0.2) is 0 Å². The van der Waals surface area contributed by atoms with E-state index >= 15 is 0 Å². The molecule has 1 heterocycles. The summed E-state index contributed by atoms with van der Waals surface area (Å²) in [5.74, 6) is 0.336. The van der Waals surface area contributed by atoms with E-state index in [0.717, 1.165) is 13.1 Å². The quantitative estimate of drug-likeness (QED) is 0.557. The van der Waals surface area contributed by atoms with Crippen LogP contribution in [0, 0.1) is 5.41 Å². The van der Waals surface area contributed by atoms with Crippen molar-refractivity contribution in [1.29, 1.82) is 0 Å². The highest BCUT2D eigenvalue weighted by molar-refractivity contribution is 5.76. The standard InChI is InChI=1S/C9H15NO/c1-2-8(11)10-6-9(7-10)4-3-5-9/h2-7H2,1H3. The van der Waals surface area contributed by atoms with Crippen molar-refractivity contribution in [2.45, 2.75) is 32.6 Å². The summed E-state index contributed by atoms with van der Waals surface area (Å²) in [6.07, 6.45) is 4.78. The van der Waals surface area contributed by atoms with Crippen LogP contribution < -0.4 is 0 Å². The summed E-state index contributed by atoms with van der Waals surface area (Å²) in [5, 5.41) is 0. The molecule has 0 unspecified atom stereocenters. The van der Waals surface area contributed by atoms with Gasteiger partial charge < -0.3 is 4.90 Å². The molecule has 1 spiro atoms. The molecule has 0 aromatic heterocycles. The predicted octanol–water partition coefficient (Wildman–Crippen LogP) is 1.41. The first-order valence-electron chi connectivity index (χ1n) is 4.54.